The van der Waals surface area contributed by atoms with Crippen LogP contribution in [0.25, 0.3) is 10.8 Å². The molecule has 0 unspecified atom stereocenters. The van der Waals surface area contributed by atoms with Gasteiger partial charge in [0, 0.05) is 12.3 Å². The smallest absolute Gasteiger partial charge is 0.303 e. The number of hydrogen-bond donors (Lipinski definition) is 1. The van der Waals surface area contributed by atoms with E-state index in [2.05, 4.69) is 31.3 Å². The van der Waals surface area contributed by atoms with Crippen molar-refractivity contribution in [1.82, 2.24) is 0 Å². The summed E-state index contributed by atoms with van der Waals surface area (Å²) in [4.78, 5) is 11.2. The number of fused-ring (bicyclic) bond motifs is 1. The molecule has 2 rings (SSSR count). The highest BCUT2D eigenvalue weighted by Gasteiger charge is 2.16. The van der Waals surface area contributed by atoms with E-state index in [4.69, 9.17) is 9.47 Å². The summed E-state index contributed by atoms with van der Waals surface area (Å²) in [6.07, 6.45) is -0.251. The number of halogens is 1. The van der Waals surface area contributed by atoms with E-state index in [1.807, 2.05) is 30.3 Å². The van der Waals surface area contributed by atoms with Crippen LogP contribution < -0.4 is 22.5 Å². The monoisotopic (exact) mass is 355 g/mol. The van der Waals surface area contributed by atoms with E-state index in [-0.39, 0.29) is 30.0 Å². The quantitative estimate of drug-likeness (QED) is 0.601. The van der Waals surface area contributed by atoms with Crippen LogP contribution in [0.5, 0.6) is 5.75 Å². The van der Waals surface area contributed by atoms with Gasteiger partial charge in [-0.25, -0.2) is 0 Å². The lowest BCUT2D eigenvalue weighted by molar-refractivity contribution is -0.688. The Morgan fingerprint density at radius 1 is 1.12 bits per heavy atom. The second-order valence-electron chi connectivity index (χ2n) is 5.74. The number of rotatable bonds is 7. The summed E-state index contributed by atoms with van der Waals surface area (Å²) in [6, 6.07) is 14.5. The van der Waals surface area contributed by atoms with Crippen LogP contribution in [0.4, 0.5) is 0 Å². The van der Waals surface area contributed by atoms with Gasteiger partial charge in [0.25, 0.3) is 0 Å². The maximum absolute atomic E-state index is 11.2. The molecule has 0 aliphatic heterocycles. The van der Waals surface area contributed by atoms with Crippen LogP contribution in [0, 0.1) is 0 Å². The molecule has 134 valence electrons. The van der Waals surface area contributed by atoms with Crippen LogP contribution in [-0.4, -0.2) is 36.7 Å². The molecule has 0 amide bonds. The second-order valence-corrected chi connectivity index (χ2v) is 5.74. The lowest BCUT2D eigenvalue weighted by atomic mass is 10.1. The van der Waals surface area contributed by atoms with Crippen LogP contribution in [0.15, 0.2) is 42.5 Å². The third-order valence-corrected chi connectivity index (χ3v) is 3.38. The van der Waals surface area contributed by atoms with Crippen molar-refractivity contribution in [3.8, 4) is 5.75 Å². The van der Waals surface area contributed by atoms with Crippen LogP contribution in [0.1, 0.15) is 20.8 Å². The largest absolute Gasteiger partial charge is 1.00 e. The Morgan fingerprint density at radius 2 is 1.79 bits per heavy atom. The van der Waals surface area contributed by atoms with Crippen molar-refractivity contribution in [2.45, 2.75) is 32.9 Å². The SMILES string of the molecule is CC(=O)O[C@@H](C[NH2+]C(C)C)COc1cccc2ccccc12.O.[Cl-]. The highest BCUT2D eigenvalue weighted by Crippen LogP contribution is 2.25. The van der Waals surface area contributed by atoms with Crippen LogP contribution in [0.3, 0.4) is 0 Å². The average Bonchev–Trinajstić information content (AvgIpc) is 2.49. The molecule has 0 radical (unpaired) electrons. The Hall–Kier alpha value is -1.82. The van der Waals surface area contributed by atoms with E-state index < -0.39 is 0 Å². The highest BCUT2D eigenvalue weighted by atomic mass is 35.5. The van der Waals surface area contributed by atoms with Crippen LogP contribution >= 0.6 is 0 Å². The topological polar surface area (TPSA) is 83.6 Å². The molecule has 2 aromatic carbocycles. The fourth-order valence-electron chi connectivity index (χ4n) is 2.31. The molecular weight excluding hydrogens is 330 g/mol. The van der Waals surface area contributed by atoms with Gasteiger partial charge >= 0.3 is 5.97 Å². The molecule has 5 nitrogen and oxygen atoms in total. The third kappa shape index (κ3) is 6.74. The lowest BCUT2D eigenvalue weighted by Crippen LogP contribution is -3.00. The molecule has 0 bridgehead atoms. The molecule has 4 N–H and O–H groups in total. The third-order valence-electron chi connectivity index (χ3n) is 3.38. The second kappa shape index (κ2) is 10.9. The lowest BCUT2D eigenvalue weighted by Gasteiger charge is -2.18. The zero-order valence-electron chi connectivity index (χ0n) is 14.3. The summed E-state index contributed by atoms with van der Waals surface area (Å²) in [6.45, 7) is 6.70. The van der Waals surface area contributed by atoms with Crippen molar-refractivity contribution >= 4 is 16.7 Å². The molecular formula is C18H26ClNO4. The first-order valence-electron chi connectivity index (χ1n) is 7.67. The van der Waals surface area contributed by atoms with Crippen molar-refractivity contribution in [3.63, 3.8) is 0 Å². The molecule has 2 aromatic rings. The van der Waals surface area contributed by atoms with Gasteiger partial charge in [-0.3, -0.25) is 4.79 Å². The number of carbonyl (C=O) groups is 1. The van der Waals surface area contributed by atoms with Gasteiger partial charge in [-0.2, -0.15) is 0 Å². The van der Waals surface area contributed by atoms with Gasteiger partial charge in [0.15, 0.2) is 6.10 Å². The van der Waals surface area contributed by atoms with Crippen molar-refractivity contribution in [2.75, 3.05) is 13.2 Å². The Kier molecular flexibility index (Phi) is 10.0. The molecule has 0 aliphatic carbocycles. The molecule has 0 saturated heterocycles. The fraction of sp³-hybridized carbons (Fsp3) is 0.389. The predicted molar refractivity (Wildman–Crippen MR) is 90.5 cm³/mol. The van der Waals surface area contributed by atoms with Crippen LogP contribution in [-0.2, 0) is 9.53 Å². The zero-order valence-corrected chi connectivity index (χ0v) is 15.0. The van der Waals surface area contributed by atoms with E-state index in [0.717, 1.165) is 16.5 Å². The number of ether oxygens (including phenoxy) is 2. The summed E-state index contributed by atoms with van der Waals surface area (Å²) < 4.78 is 11.3. The van der Waals surface area contributed by atoms with E-state index in [1.54, 1.807) is 0 Å². The van der Waals surface area contributed by atoms with Crippen molar-refractivity contribution in [3.05, 3.63) is 42.5 Å². The van der Waals surface area contributed by atoms with Gasteiger partial charge in [0.1, 0.15) is 18.9 Å². The van der Waals surface area contributed by atoms with Crippen LogP contribution in [0.2, 0.25) is 0 Å². The summed E-state index contributed by atoms with van der Waals surface area (Å²) >= 11 is 0. The number of hydrogen-bond acceptors (Lipinski definition) is 3. The Labute approximate surface area is 149 Å². The minimum absolute atomic E-state index is 0. The van der Waals surface area contributed by atoms with Gasteiger partial charge in [0.05, 0.1) is 6.04 Å². The maximum Gasteiger partial charge on any atom is 0.303 e. The first-order chi connectivity index (χ1) is 10.6. The van der Waals surface area contributed by atoms with Gasteiger partial charge in [0.2, 0.25) is 0 Å². The molecule has 6 heteroatoms. The Morgan fingerprint density at radius 3 is 2.46 bits per heavy atom. The number of quaternary nitrogens is 1. The van der Waals surface area contributed by atoms with E-state index in [9.17, 15) is 4.79 Å². The maximum atomic E-state index is 11.2. The average molecular weight is 356 g/mol. The highest BCUT2D eigenvalue weighted by molar-refractivity contribution is 5.88. The van der Waals surface area contributed by atoms with Gasteiger partial charge in [-0.15, -0.1) is 0 Å². The van der Waals surface area contributed by atoms with Gasteiger partial charge < -0.3 is 32.7 Å². The first kappa shape index (κ1) is 22.2. The summed E-state index contributed by atoms with van der Waals surface area (Å²) in [7, 11) is 0. The van der Waals surface area contributed by atoms with Crippen molar-refractivity contribution < 1.29 is 37.5 Å². The molecule has 1 atom stereocenters. The number of benzene rings is 2. The number of carbonyl (C=O) groups excluding carboxylic acids is 1. The number of esters is 1. The summed E-state index contributed by atoms with van der Waals surface area (Å²) in [5.74, 6) is 0.545. The molecule has 0 saturated carbocycles. The summed E-state index contributed by atoms with van der Waals surface area (Å²) in [5, 5.41) is 4.34. The normalized spacial score (nSPS) is 11.3. The van der Waals surface area contributed by atoms with E-state index >= 15 is 0 Å². The minimum Gasteiger partial charge on any atom is -1.00 e. The van der Waals surface area contributed by atoms with Gasteiger partial charge in [-0.1, -0.05) is 36.4 Å². The van der Waals surface area contributed by atoms with E-state index in [1.165, 1.54) is 6.92 Å². The fourth-order valence-corrected chi connectivity index (χ4v) is 2.31. The van der Waals surface area contributed by atoms with Crippen molar-refractivity contribution in [1.29, 1.82) is 0 Å². The molecule has 0 aliphatic rings. The molecule has 0 fully saturated rings. The Bertz CT molecular complexity index is 628. The Balaban J connectivity index is 0.00000264. The minimum atomic E-state index is -0.274. The zero-order chi connectivity index (χ0) is 15.9. The molecule has 0 spiro atoms. The summed E-state index contributed by atoms with van der Waals surface area (Å²) in [5.41, 5.74) is 0. The standard InChI is InChI=1S/C18H23NO3.ClH.H2O/c1-13(2)19-11-16(22-14(3)20)12-21-18-10-6-8-15-7-4-5-9-17(15)18;;/h4-10,13,16,19H,11-12H2,1-3H3;1H;1H2/t16-;;/m0../s1. The molecule has 0 heterocycles. The van der Waals surface area contributed by atoms with Gasteiger partial charge in [-0.05, 0) is 25.3 Å². The first-order valence-corrected chi connectivity index (χ1v) is 7.67. The van der Waals surface area contributed by atoms with E-state index in [0.29, 0.717) is 19.2 Å². The molecule has 0 aromatic heterocycles. The molecule has 24 heavy (non-hydrogen) atoms. The predicted octanol–water partition coefficient (Wildman–Crippen LogP) is -1.70. The number of nitrogens with two attached hydrogens (primary N) is 1. The van der Waals surface area contributed by atoms with Crippen molar-refractivity contribution in [2.24, 2.45) is 0 Å².